The Hall–Kier alpha value is -2.02. The van der Waals surface area contributed by atoms with Gasteiger partial charge in [0.05, 0.1) is 0 Å². The Balaban J connectivity index is 3.03. The van der Waals surface area contributed by atoms with Crippen LogP contribution in [0.25, 0.3) is 22.9 Å². The maximum Gasteiger partial charge on any atom is 0.0496 e. The highest BCUT2D eigenvalue weighted by Gasteiger charge is 2.11. The average Bonchev–Trinajstić information content (AvgIpc) is 2.38. The van der Waals surface area contributed by atoms with Crippen LogP contribution in [0.1, 0.15) is 16.7 Å². The third-order valence-corrected chi connectivity index (χ3v) is 3.22. The van der Waals surface area contributed by atoms with E-state index in [-0.39, 0.29) is 0 Å². The second kappa shape index (κ2) is 4.46. The van der Waals surface area contributed by atoms with Crippen molar-refractivity contribution in [3.63, 3.8) is 0 Å². The molecule has 0 atom stereocenters. The Morgan fingerprint density at radius 2 is 1.59 bits per heavy atom. The summed E-state index contributed by atoms with van der Waals surface area (Å²) in [5, 5.41) is 5.76. The van der Waals surface area contributed by atoms with Gasteiger partial charge >= 0.3 is 0 Å². The third-order valence-electron chi connectivity index (χ3n) is 3.22. The number of aryl methyl sites for hydroxylation is 1. The van der Waals surface area contributed by atoms with Crippen molar-refractivity contribution in [1.82, 2.24) is 0 Å². The van der Waals surface area contributed by atoms with Crippen LogP contribution in [0, 0.1) is 6.92 Å². The molecule has 0 spiro atoms. The largest absolute Gasteiger partial charge is 0.387 e. The molecule has 2 rings (SSSR count). The number of hydrogen-bond donors (Lipinski definition) is 1. The van der Waals surface area contributed by atoms with Crippen LogP contribution in [-0.4, -0.2) is 7.05 Å². The van der Waals surface area contributed by atoms with Gasteiger partial charge in [-0.05, 0) is 23.4 Å². The third kappa shape index (κ3) is 1.64. The lowest BCUT2D eigenvalue weighted by molar-refractivity contribution is 1.45. The summed E-state index contributed by atoms with van der Waals surface area (Å²) in [5.74, 6) is 0. The molecular weight excluding hydrogens is 206 g/mol. The van der Waals surface area contributed by atoms with E-state index in [0.29, 0.717) is 0 Å². The number of nitrogens with one attached hydrogen (secondary N) is 1. The molecule has 0 saturated heterocycles. The Labute approximate surface area is 102 Å². The zero-order chi connectivity index (χ0) is 12.4. The molecule has 0 amide bonds. The quantitative estimate of drug-likeness (QED) is 0.809. The Morgan fingerprint density at radius 1 is 1.00 bits per heavy atom. The van der Waals surface area contributed by atoms with Crippen molar-refractivity contribution in [1.29, 1.82) is 0 Å². The van der Waals surface area contributed by atoms with Gasteiger partial charge in [-0.1, -0.05) is 49.6 Å². The highest BCUT2D eigenvalue weighted by molar-refractivity contribution is 6.02. The highest BCUT2D eigenvalue weighted by Crippen LogP contribution is 2.35. The van der Waals surface area contributed by atoms with Gasteiger partial charge in [-0.25, -0.2) is 0 Å². The fraction of sp³-hybridized carbons (Fsp3) is 0.125. The monoisotopic (exact) mass is 223 g/mol. The van der Waals surface area contributed by atoms with E-state index in [1.165, 1.54) is 16.3 Å². The van der Waals surface area contributed by atoms with E-state index in [9.17, 15) is 0 Å². The molecule has 0 aliphatic carbocycles. The summed E-state index contributed by atoms with van der Waals surface area (Å²) < 4.78 is 0. The van der Waals surface area contributed by atoms with E-state index in [0.717, 1.165) is 16.8 Å². The van der Waals surface area contributed by atoms with Gasteiger partial charge in [-0.2, -0.15) is 0 Å². The molecule has 0 unspecified atom stereocenters. The minimum absolute atomic E-state index is 1.12. The predicted octanol–water partition coefficient (Wildman–Crippen LogP) is 4.48. The molecule has 86 valence electrons. The molecule has 17 heavy (non-hydrogen) atoms. The first-order valence-corrected chi connectivity index (χ1v) is 5.72. The molecule has 0 radical (unpaired) electrons. The van der Waals surface area contributed by atoms with Crippen LogP contribution in [0.4, 0.5) is 5.69 Å². The lowest BCUT2D eigenvalue weighted by Gasteiger charge is -2.16. The minimum Gasteiger partial charge on any atom is -0.387 e. The normalized spacial score (nSPS) is 10.2. The molecule has 0 heterocycles. The summed E-state index contributed by atoms with van der Waals surface area (Å²) in [7, 11) is 1.94. The Bertz CT molecular complexity index is 594. The number of benzene rings is 2. The van der Waals surface area contributed by atoms with Crippen molar-refractivity contribution in [3.05, 3.63) is 54.1 Å². The second-order valence-corrected chi connectivity index (χ2v) is 4.03. The van der Waals surface area contributed by atoms with Gasteiger partial charge in [-0.3, -0.25) is 0 Å². The number of hydrogen-bond acceptors (Lipinski definition) is 1. The molecule has 1 nitrogen and oxygen atoms in total. The first kappa shape index (κ1) is 11.5. The van der Waals surface area contributed by atoms with E-state index in [1.807, 2.05) is 19.2 Å². The van der Waals surface area contributed by atoms with Gasteiger partial charge in [0.2, 0.25) is 0 Å². The number of anilines is 1. The topological polar surface area (TPSA) is 12.0 Å². The molecule has 0 saturated carbocycles. The predicted molar refractivity (Wildman–Crippen MR) is 78.4 cm³/mol. The summed E-state index contributed by atoms with van der Waals surface area (Å²) in [4.78, 5) is 0. The number of rotatable bonds is 3. The SMILES string of the molecule is C=Cc1c(C=C)c(NC)c2ccccc2c1C. The molecule has 0 aliphatic heterocycles. The van der Waals surface area contributed by atoms with Crippen molar-refractivity contribution in [2.45, 2.75) is 6.92 Å². The smallest absolute Gasteiger partial charge is 0.0496 e. The minimum atomic E-state index is 1.12. The number of fused-ring (bicyclic) bond motifs is 1. The first-order chi connectivity index (χ1) is 8.24. The summed E-state index contributed by atoms with van der Waals surface area (Å²) in [6, 6.07) is 8.40. The summed E-state index contributed by atoms with van der Waals surface area (Å²) in [5.41, 5.74) is 4.65. The zero-order valence-corrected chi connectivity index (χ0v) is 10.4. The molecule has 0 bridgehead atoms. The maximum absolute atomic E-state index is 3.91. The van der Waals surface area contributed by atoms with Crippen LogP contribution in [0.5, 0.6) is 0 Å². The van der Waals surface area contributed by atoms with Crippen molar-refractivity contribution in [2.24, 2.45) is 0 Å². The van der Waals surface area contributed by atoms with Crippen LogP contribution in [0.15, 0.2) is 37.4 Å². The molecular formula is C16H17N. The second-order valence-electron chi connectivity index (χ2n) is 4.03. The molecule has 0 aliphatic rings. The van der Waals surface area contributed by atoms with E-state index >= 15 is 0 Å². The Morgan fingerprint density at radius 3 is 2.12 bits per heavy atom. The maximum atomic E-state index is 3.91. The first-order valence-electron chi connectivity index (χ1n) is 5.72. The summed E-state index contributed by atoms with van der Waals surface area (Å²) >= 11 is 0. The van der Waals surface area contributed by atoms with Crippen LogP contribution < -0.4 is 5.32 Å². The zero-order valence-electron chi connectivity index (χ0n) is 10.4. The van der Waals surface area contributed by atoms with Gasteiger partial charge < -0.3 is 5.32 Å². The highest BCUT2D eigenvalue weighted by atomic mass is 14.8. The van der Waals surface area contributed by atoms with Crippen LogP contribution in [0.3, 0.4) is 0 Å². The lowest BCUT2D eigenvalue weighted by atomic mass is 9.92. The van der Waals surface area contributed by atoms with Gasteiger partial charge in [0, 0.05) is 23.7 Å². The molecule has 2 aromatic rings. The van der Waals surface area contributed by atoms with Gasteiger partial charge in [0.25, 0.3) is 0 Å². The Kier molecular flexibility index (Phi) is 3.01. The molecule has 2 aromatic carbocycles. The molecule has 1 heteroatoms. The van der Waals surface area contributed by atoms with Gasteiger partial charge in [0.1, 0.15) is 0 Å². The van der Waals surface area contributed by atoms with Crippen molar-refractivity contribution >= 4 is 28.6 Å². The van der Waals surface area contributed by atoms with E-state index in [4.69, 9.17) is 0 Å². The van der Waals surface area contributed by atoms with Gasteiger partial charge in [0.15, 0.2) is 0 Å². The molecule has 0 aromatic heterocycles. The molecule has 1 N–H and O–H groups in total. The average molecular weight is 223 g/mol. The van der Waals surface area contributed by atoms with Crippen LogP contribution in [-0.2, 0) is 0 Å². The van der Waals surface area contributed by atoms with Crippen molar-refractivity contribution in [2.75, 3.05) is 12.4 Å². The van der Waals surface area contributed by atoms with Gasteiger partial charge in [-0.15, -0.1) is 0 Å². The lowest BCUT2D eigenvalue weighted by Crippen LogP contribution is -1.98. The van der Waals surface area contributed by atoms with E-state index < -0.39 is 0 Å². The standard InChI is InChI=1S/C16H17N/c1-5-12-11(3)14-9-7-8-10-15(14)16(17-4)13(12)6-2/h5-10,17H,1-2H2,3-4H3. The van der Waals surface area contributed by atoms with Crippen molar-refractivity contribution in [3.8, 4) is 0 Å². The summed E-state index contributed by atoms with van der Waals surface area (Å²) in [6.45, 7) is 9.95. The summed E-state index contributed by atoms with van der Waals surface area (Å²) in [6.07, 6.45) is 3.79. The van der Waals surface area contributed by atoms with E-state index in [1.54, 1.807) is 0 Å². The molecule has 0 fully saturated rings. The fourth-order valence-corrected chi connectivity index (χ4v) is 2.40. The van der Waals surface area contributed by atoms with E-state index in [2.05, 4.69) is 49.7 Å². The fourth-order valence-electron chi connectivity index (χ4n) is 2.40. The van der Waals surface area contributed by atoms with Crippen LogP contribution in [0.2, 0.25) is 0 Å². The van der Waals surface area contributed by atoms with Crippen LogP contribution >= 0.6 is 0 Å². The van der Waals surface area contributed by atoms with Crippen molar-refractivity contribution < 1.29 is 0 Å².